The number of aromatic nitrogens is 3. The summed E-state index contributed by atoms with van der Waals surface area (Å²) in [5, 5.41) is 9.96. The molecule has 0 aliphatic rings. The Morgan fingerprint density at radius 1 is 1.24 bits per heavy atom. The predicted octanol–water partition coefficient (Wildman–Crippen LogP) is 3.40. The molecule has 5 nitrogen and oxygen atoms in total. The van der Waals surface area contributed by atoms with E-state index in [1.807, 2.05) is 30.5 Å². The summed E-state index contributed by atoms with van der Waals surface area (Å²) in [6, 6.07) is 7.59. The monoisotopic (exact) mass is 319 g/mol. The summed E-state index contributed by atoms with van der Waals surface area (Å²) in [7, 11) is 1.64. The van der Waals surface area contributed by atoms with Crippen molar-refractivity contribution in [3.8, 4) is 11.5 Å². The number of hydrogen-bond acceptors (Lipinski definition) is 7. The summed E-state index contributed by atoms with van der Waals surface area (Å²) >= 11 is 3.13. The number of thioether (sulfide) groups is 1. The van der Waals surface area contributed by atoms with Gasteiger partial charge in [-0.2, -0.15) is 0 Å². The third-order valence-electron chi connectivity index (χ3n) is 2.88. The molecule has 0 spiro atoms. The lowest BCUT2D eigenvalue weighted by atomic mass is 10.2. The van der Waals surface area contributed by atoms with Gasteiger partial charge in [0.05, 0.1) is 12.6 Å². The molecule has 0 fully saturated rings. The predicted molar refractivity (Wildman–Crippen MR) is 84.3 cm³/mol. The van der Waals surface area contributed by atoms with Gasteiger partial charge in [-0.25, -0.2) is 0 Å². The second-order valence-electron chi connectivity index (χ2n) is 4.15. The lowest BCUT2D eigenvalue weighted by Crippen LogP contribution is -1.96. The molecule has 3 rings (SSSR count). The van der Waals surface area contributed by atoms with Crippen LogP contribution >= 0.6 is 23.1 Å². The Labute approximate surface area is 130 Å². The van der Waals surface area contributed by atoms with Crippen LogP contribution in [-0.4, -0.2) is 28.5 Å². The van der Waals surface area contributed by atoms with E-state index in [0.29, 0.717) is 6.61 Å². The van der Waals surface area contributed by atoms with Gasteiger partial charge in [0.1, 0.15) is 18.1 Å². The van der Waals surface area contributed by atoms with E-state index in [2.05, 4.69) is 15.2 Å². The van der Waals surface area contributed by atoms with E-state index >= 15 is 0 Å². The normalized spacial score (nSPS) is 10.8. The number of nitrogens with zero attached hydrogens (tertiary/aromatic N) is 3. The van der Waals surface area contributed by atoms with Crippen molar-refractivity contribution in [3.05, 3.63) is 35.5 Å². The molecule has 7 heteroatoms. The van der Waals surface area contributed by atoms with Crippen LogP contribution in [0.15, 0.2) is 34.8 Å². The zero-order valence-electron chi connectivity index (χ0n) is 11.6. The molecule has 0 N–H and O–H groups in total. The first kappa shape index (κ1) is 14.1. The maximum Gasteiger partial charge on any atom is 0.174 e. The van der Waals surface area contributed by atoms with E-state index in [0.717, 1.165) is 31.7 Å². The van der Waals surface area contributed by atoms with E-state index in [-0.39, 0.29) is 0 Å². The van der Waals surface area contributed by atoms with Crippen molar-refractivity contribution in [3.63, 3.8) is 0 Å². The molecule has 1 aromatic carbocycles. The topological polar surface area (TPSA) is 57.1 Å². The highest BCUT2D eigenvalue weighted by Crippen LogP contribution is 2.28. The quantitative estimate of drug-likeness (QED) is 0.672. The van der Waals surface area contributed by atoms with E-state index in [1.165, 1.54) is 0 Å². The average Bonchev–Trinajstić information content (AvgIpc) is 3.00. The molecule has 0 atom stereocenters. The molecular weight excluding hydrogens is 306 g/mol. The summed E-state index contributed by atoms with van der Waals surface area (Å²) in [5.74, 6) is 1.56. The number of hydrogen-bond donors (Lipinski definition) is 0. The largest absolute Gasteiger partial charge is 0.497 e. The fraction of sp³-hybridized carbons (Fsp3) is 0.214. The van der Waals surface area contributed by atoms with Crippen LogP contribution in [0.1, 0.15) is 5.01 Å². The van der Waals surface area contributed by atoms with Gasteiger partial charge in [-0.3, -0.25) is 4.98 Å². The molecule has 0 radical (unpaired) electrons. The number of benzene rings is 1. The summed E-state index contributed by atoms with van der Waals surface area (Å²) in [5.41, 5.74) is 0.842. The zero-order valence-corrected chi connectivity index (χ0v) is 13.2. The molecule has 0 saturated heterocycles. The van der Waals surface area contributed by atoms with E-state index in [4.69, 9.17) is 9.47 Å². The lowest BCUT2D eigenvalue weighted by Gasteiger charge is -2.08. The Kier molecular flexibility index (Phi) is 4.21. The Morgan fingerprint density at radius 2 is 2.14 bits per heavy atom. The van der Waals surface area contributed by atoms with Crippen LogP contribution in [0, 0.1) is 0 Å². The van der Waals surface area contributed by atoms with Crippen LogP contribution in [0.5, 0.6) is 11.5 Å². The molecule has 0 amide bonds. The second kappa shape index (κ2) is 6.28. The molecule has 21 heavy (non-hydrogen) atoms. The molecule has 3 aromatic rings. The van der Waals surface area contributed by atoms with Crippen LogP contribution in [-0.2, 0) is 6.61 Å². The van der Waals surface area contributed by atoms with Gasteiger partial charge in [-0.1, -0.05) is 23.1 Å². The van der Waals surface area contributed by atoms with Crippen LogP contribution in [0.2, 0.25) is 0 Å². The maximum absolute atomic E-state index is 5.85. The van der Waals surface area contributed by atoms with Gasteiger partial charge in [0.25, 0.3) is 0 Å². The van der Waals surface area contributed by atoms with Gasteiger partial charge in [0.15, 0.2) is 9.35 Å². The number of ether oxygens (including phenoxy) is 2. The van der Waals surface area contributed by atoms with Crippen molar-refractivity contribution in [2.75, 3.05) is 13.4 Å². The molecule has 0 bridgehead atoms. The van der Waals surface area contributed by atoms with Gasteiger partial charge in [0.2, 0.25) is 0 Å². The Bertz CT molecular complexity index is 761. The van der Waals surface area contributed by atoms with E-state index in [1.54, 1.807) is 36.4 Å². The molecule has 0 saturated carbocycles. The van der Waals surface area contributed by atoms with Crippen LogP contribution in [0.4, 0.5) is 0 Å². The molecule has 0 unspecified atom stereocenters. The smallest absolute Gasteiger partial charge is 0.174 e. The van der Waals surface area contributed by atoms with Crippen molar-refractivity contribution in [2.24, 2.45) is 0 Å². The lowest BCUT2D eigenvalue weighted by molar-refractivity contribution is 0.308. The number of methoxy groups -OCH3 is 1. The summed E-state index contributed by atoms with van der Waals surface area (Å²) < 4.78 is 12.0. The Hall–Kier alpha value is -1.86. The second-order valence-corrected chi connectivity index (χ2v) is 6.26. The minimum atomic E-state index is 0.406. The third-order valence-corrected chi connectivity index (χ3v) is 4.76. The Balaban J connectivity index is 1.83. The van der Waals surface area contributed by atoms with Gasteiger partial charge in [-0.05, 0) is 24.5 Å². The van der Waals surface area contributed by atoms with Crippen molar-refractivity contribution < 1.29 is 9.47 Å². The highest BCUT2D eigenvalue weighted by atomic mass is 32.2. The van der Waals surface area contributed by atoms with E-state index in [9.17, 15) is 0 Å². The SMILES string of the molecule is COc1ccc2c(OCc3nnc(SC)s3)ccnc2c1. The Morgan fingerprint density at radius 3 is 2.90 bits per heavy atom. The summed E-state index contributed by atoms with van der Waals surface area (Å²) in [6.45, 7) is 0.406. The fourth-order valence-corrected chi connectivity index (χ4v) is 3.10. The van der Waals surface area contributed by atoms with Crippen LogP contribution < -0.4 is 9.47 Å². The average molecular weight is 319 g/mol. The minimum absolute atomic E-state index is 0.406. The summed E-state index contributed by atoms with van der Waals surface area (Å²) in [4.78, 5) is 4.33. The number of pyridine rings is 1. The van der Waals surface area contributed by atoms with Crippen molar-refractivity contribution >= 4 is 34.0 Å². The fourth-order valence-electron chi connectivity index (χ4n) is 1.87. The van der Waals surface area contributed by atoms with Crippen molar-refractivity contribution in [2.45, 2.75) is 10.9 Å². The molecule has 0 aliphatic heterocycles. The molecule has 108 valence electrons. The van der Waals surface area contributed by atoms with Gasteiger partial charge in [-0.15, -0.1) is 10.2 Å². The summed E-state index contributed by atoms with van der Waals surface area (Å²) in [6.07, 6.45) is 3.71. The highest BCUT2D eigenvalue weighted by Gasteiger charge is 2.07. The van der Waals surface area contributed by atoms with Crippen LogP contribution in [0.3, 0.4) is 0 Å². The van der Waals surface area contributed by atoms with Gasteiger partial charge in [0, 0.05) is 17.6 Å². The first-order chi connectivity index (χ1) is 10.3. The number of fused-ring (bicyclic) bond motifs is 1. The van der Waals surface area contributed by atoms with Gasteiger partial charge >= 0.3 is 0 Å². The third kappa shape index (κ3) is 3.08. The van der Waals surface area contributed by atoms with Gasteiger partial charge < -0.3 is 9.47 Å². The number of rotatable bonds is 5. The van der Waals surface area contributed by atoms with Crippen molar-refractivity contribution in [1.82, 2.24) is 15.2 Å². The van der Waals surface area contributed by atoms with Crippen molar-refractivity contribution in [1.29, 1.82) is 0 Å². The van der Waals surface area contributed by atoms with Crippen LogP contribution in [0.25, 0.3) is 10.9 Å². The van der Waals surface area contributed by atoms with E-state index < -0.39 is 0 Å². The zero-order chi connectivity index (χ0) is 14.7. The first-order valence-electron chi connectivity index (χ1n) is 6.22. The molecule has 0 aliphatic carbocycles. The standard InChI is InChI=1S/C14H13N3O2S2/c1-18-9-3-4-10-11(7-9)15-6-5-12(10)19-8-13-16-17-14(20-2)21-13/h3-7H,8H2,1-2H3. The highest BCUT2D eigenvalue weighted by molar-refractivity contribution is 8.00. The molecule has 2 aromatic heterocycles. The molecular formula is C14H13N3O2S2. The first-order valence-corrected chi connectivity index (χ1v) is 8.26. The molecule has 2 heterocycles. The maximum atomic E-state index is 5.85. The minimum Gasteiger partial charge on any atom is -0.497 e.